The summed E-state index contributed by atoms with van der Waals surface area (Å²) in [6.45, 7) is 2.68. The fraction of sp³-hybridized carbons (Fsp3) is 0.143. The molecule has 0 unspecified atom stereocenters. The third-order valence-corrected chi connectivity index (χ3v) is 6.66. The molecule has 0 saturated carbocycles. The molecule has 4 aromatic carbocycles. The van der Waals surface area contributed by atoms with E-state index in [0.29, 0.717) is 40.3 Å². The van der Waals surface area contributed by atoms with Gasteiger partial charge in [-0.2, -0.15) is 5.10 Å². The molecule has 4 aromatic rings. The number of benzene rings is 4. The van der Waals surface area contributed by atoms with Crippen LogP contribution in [0, 0.1) is 0 Å². The van der Waals surface area contributed by atoms with Crippen LogP contribution in [0.3, 0.4) is 0 Å². The lowest BCUT2D eigenvalue weighted by molar-refractivity contribution is -0.118. The van der Waals surface area contributed by atoms with Gasteiger partial charge in [-0.3, -0.25) is 4.79 Å². The molecule has 0 heterocycles. The number of carbonyl (C=O) groups excluding carboxylic acids is 1. The largest absolute Gasteiger partial charge is 0.490 e. The van der Waals surface area contributed by atoms with Crippen molar-refractivity contribution < 1.29 is 14.3 Å². The van der Waals surface area contributed by atoms with Gasteiger partial charge < -0.3 is 9.47 Å². The fourth-order valence-corrected chi connectivity index (χ4v) is 4.53. The molecule has 0 aliphatic carbocycles. The highest BCUT2D eigenvalue weighted by Gasteiger charge is 2.13. The average Bonchev–Trinajstić information content (AvgIpc) is 2.88. The van der Waals surface area contributed by atoms with Crippen LogP contribution in [0.25, 0.3) is 10.8 Å². The van der Waals surface area contributed by atoms with Gasteiger partial charge in [0.15, 0.2) is 11.5 Å². The van der Waals surface area contributed by atoms with Crippen molar-refractivity contribution in [3.05, 3.63) is 100 Å². The molecule has 1 amide bonds. The lowest BCUT2D eigenvalue weighted by Crippen LogP contribution is -2.19. The van der Waals surface area contributed by atoms with Gasteiger partial charge in [0.2, 0.25) is 5.91 Å². The van der Waals surface area contributed by atoms with E-state index in [0.717, 1.165) is 15.8 Å². The van der Waals surface area contributed by atoms with E-state index in [1.54, 1.807) is 24.3 Å². The highest BCUT2D eigenvalue weighted by atomic mass is 35.5. The Bertz CT molecular complexity index is 1380. The summed E-state index contributed by atoms with van der Waals surface area (Å²) in [4.78, 5) is 13.1. The first-order chi connectivity index (χ1) is 17.5. The normalized spacial score (nSPS) is 11.1. The molecule has 5 nitrogen and oxygen atoms in total. The molecule has 1 N–H and O–H groups in total. The van der Waals surface area contributed by atoms with E-state index in [1.165, 1.54) is 23.4 Å². The van der Waals surface area contributed by atoms with Crippen LogP contribution >= 0.6 is 35.0 Å². The summed E-state index contributed by atoms with van der Waals surface area (Å²) in [5.41, 5.74) is 4.23. The summed E-state index contributed by atoms with van der Waals surface area (Å²) in [6.07, 6.45) is 1.52. The Labute approximate surface area is 224 Å². The van der Waals surface area contributed by atoms with Gasteiger partial charge in [-0.05, 0) is 71.3 Å². The Hall–Kier alpha value is -3.19. The molecule has 0 saturated heterocycles. The number of fused-ring (bicyclic) bond motifs is 1. The number of hydrazone groups is 1. The molecule has 0 aromatic heterocycles. The van der Waals surface area contributed by atoms with Gasteiger partial charge in [-0.15, -0.1) is 11.8 Å². The van der Waals surface area contributed by atoms with Crippen molar-refractivity contribution in [1.82, 2.24) is 5.43 Å². The van der Waals surface area contributed by atoms with Gasteiger partial charge in [0.1, 0.15) is 6.61 Å². The monoisotopic (exact) mass is 538 g/mol. The molecule has 8 heteroatoms. The van der Waals surface area contributed by atoms with E-state index in [2.05, 4.69) is 34.8 Å². The maximum absolute atomic E-state index is 12.1. The van der Waals surface area contributed by atoms with E-state index in [4.69, 9.17) is 32.7 Å². The predicted octanol–water partition coefficient (Wildman–Crippen LogP) is 7.37. The number of amides is 1. The highest BCUT2D eigenvalue weighted by Crippen LogP contribution is 2.37. The lowest BCUT2D eigenvalue weighted by atomic mass is 10.1. The van der Waals surface area contributed by atoms with Crippen LogP contribution in [-0.4, -0.2) is 24.5 Å². The average molecular weight is 539 g/mol. The minimum atomic E-state index is -0.224. The summed E-state index contributed by atoms with van der Waals surface area (Å²) < 4.78 is 11.8. The first-order valence-electron chi connectivity index (χ1n) is 11.3. The van der Waals surface area contributed by atoms with Crippen LogP contribution in [0.15, 0.2) is 88.9 Å². The molecule has 0 spiro atoms. The summed E-state index contributed by atoms with van der Waals surface area (Å²) >= 11 is 13.8. The SMILES string of the molecule is CCOc1cc(/C=N\NC(=O)CSc2ccc(Cl)cc2)cc(Cl)c1OCc1ccc2ccccc2c1. The first kappa shape index (κ1) is 25.9. The van der Waals surface area contributed by atoms with Gasteiger partial charge in [0.05, 0.1) is 23.6 Å². The third-order valence-electron chi connectivity index (χ3n) is 5.12. The number of rotatable bonds is 10. The Morgan fingerprint density at radius 3 is 2.53 bits per heavy atom. The Morgan fingerprint density at radius 2 is 1.75 bits per heavy atom. The second-order valence-electron chi connectivity index (χ2n) is 7.77. The van der Waals surface area contributed by atoms with Crippen LogP contribution in [0.2, 0.25) is 10.0 Å². The van der Waals surface area contributed by atoms with E-state index >= 15 is 0 Å². The number of hydrogen-bond donors (Lipinski definition) is 1. The van der Waals surface area contributed by atoms with Crippen molar-refractivity contribution in [2.24, 2.45) is 5.10 Å². The molecular formula is C28H24Cl2N2O3S. The summed E-state index contributed by atoms with van der Waals surface area (Å²) in [6, 6.07) is 25.2. The number of halogens is 2. The minimum absolute atomic E-state index is 0.224. The van der Waals surface area contributed by atoms with Gasteiger partial charge >= 0.3 is 0 Å². The molecular weight excluding hydrogens is 515 g/mol. The second kappa shape index (κ2) is 12.7. The molecule has 36 heavy (non-hydrogen) atoms. The van der Waals surface area contributed by atoms with Crippen molar-refractivity contribution in [3.63, 3.8) is 0 Å². The van der Waals surface area contributed by atoms with E-state index in [9.17, 15) is 4.79 Å². The molecule has 0 fully saturated rings. The predicted molar refractivity (Wildman–Crippen MR) is 149 cm³/mol. The van der Waals surface area contributed by atoms with Crippen molar-refractivity contribution >= 4 is 57.9 Å². The maximum atomic E-state index is 12.1. The van der Waals surface area contributed by atoms with Crippen molar-refractivity contribution in [1.29, 1.82) is 0 Å². The number of nitrogens with zero attached hydrogens (tertiary/aromatic N) is 1. The van der Waals surface area contributed by atoms with Crippen LogP contribution in [0.1, 0.15) is 18.1 Å². The van der Waals surface area contributed by atoms with Gasteiger partial charge in [-0.1, -0.05) is 59.6 Å². The van der Waals surface area contributed by atoms with Crippen LogP contribution in [0.5, 0.6) is 11.5 Å². The standard InChI is InChI=1S/C28H24Cl2N2O3S/c1-2-34-26-15-20(16-31-32-27(33)18-36-24-11-9-23(29)10-12-24)14-25(30)28(26)35-17-19-7-8-21-5-3-4-6-22(21)13-19/h3-16H,2,17-18H2,1H3,(H,32,33)/b31-16-. The number of carbonyl (C=O) groups is 1. The van der Waals surface area contributed by atoms with Gasteiger partial charge in [-0.25, -0.2) is 5.43 Å². The van der Waals surface area contributed by atoms with E-state index < -0.39 is 0 Å². The fourth-order valence-electron chi connectivity index (χ4n) is 3.44. The van der Waals surface area contributed by atoms with Crippen molar-refractivity contribution in [3.8, 4) is 11.5 Å². The van der Waals surface area contributed by atoms with E-state index in [-0.39, 0.29) is 11.7 Å². The molecule has 0 bridgehead atoms. The van der Waals surface area contributed by atoms with Crippen LogP contribution in [-0.2, 0) is 11.4 Å². The Morgan fingerprint density at radius 1 is 0.972 bits per heavy atom. The topological polar surface area (TPSA) is 59.9 Å². The molecule has 4 rings (SSSR count). The van der Waals surface area contributed by atoms with E-state index in [1.807, 2.05) is 37.3 Å². The molecule has 0 radical (unpaired) electrons. The number of nitrogens with one attached hydrogen (secondary N) is 1. The zero-order valence-corrected chi connectivity index (χ0v) is 21.9. The molecule has 0 aliphatic rings. The van der Waals surface area contributed by atoms with Crippen molar-refractivity contribution in [2.75, 3.05) is 12.4 Å². The molecule has 0 aliphatic heterocycles. The zero-order valence-electron chi connectivity index (χ0n) is 19.5. The number of ether oxygens (including phenoxy) is 2. The zero-order chi connectivity index (χ0) is 25.3. The van der Waals surface area contributed by atoms with Crippen LogP contribution in [0.4, 0.5) is 0 Å². The quantitative estimate of drug-likeness (QED) is 0.130. The van der Waals surface area contributed by atoms with Gasteiger partial charge in [0, 0.05) is 9.92 Å². The van der Waals surface area contributed by atoms with Gasteiger partial charge in [0.25, 0.3) is 0 Å². The summed E-state index contributed by atoms with van der Waals surface area (Å²) in [7, 11) is 0. The minimum Gasteiger partial charge on any atom is -0.490 e. The van der Waals surface area contributed by atoms with Crippen molar-refractivity contribution in [2.45, 2.75) is 18.4 Å². The second-order valence-corrected chi connectivity index (χ2v) is 9.66. The molecule has 0 atom stereocenters. The smallest absolute Gasteiger partial charge is 0.250 e. The lowest BCUT2D eigenvalue weighted by Gasteiger charge is -2.15. The number of hydrogen-bond acceptors (Lipinski definition) is 5. The van der Waals surface area contributed by atoms with Crippen LogP contribution < -0.4 is 14.9 Å². The Kier molecular flexibility index (Phi) is 9.11. The summed E-state index contributed by atoms with van der Waals surface area (Å²) in [5, 5.41) is 7.42. The number of thioether (sulfide) groups is 1. The third kappa shape index (κ3) is 7.17. The highest BCUT2D eigenvalue weighted by molar-refractivity contribution is 8.00. The Balaban J connectivity index is 1.38. The molecule has 184 valence electrons. The maximum Gasteiger partial charge on any atom is 0.250 e. The first-order valence-corrected chi connectivity index (χ1v) is 13.0. The summed E-state index contributed by atoms with van der Waals surface area (Å²) in [5.74, 6) is 0.979.